The fourth-order valence-electron chi connectivity index (χ4n) is 4.11. The summed E-state index contributed by atoms with van der Waals surface area (Å²) < 4.78 is 10.0. The van der Waals surface area contributed by atoms with Crippen molar-refractivity contribution < 1.29 is 4.74 Å². The van der Waals surface area contributed by atoms with Gasteiger partial charge in [-0.25, -0.2) is 14.5 Å². The summed E-state index contributed by atoms with van der Waals surface area (Å²) in [5.74, 6) is 2.98. The second-order valence-electron chi connectivity index (χ2n) is 8.05. The lowest BCUT2D eigenvalue weighted by Gasteiger charge is -2.18. The van der Waals surface area contributed by atoms with Gasteiger partial charge in [-0.1, -0.05) is 0 Å². The highest BCUT2D eigenvalue weighted by Gasteiger charge is 2.26. The summed E-state index contributed by atoms with van der Waals surface area (Å²) in [6, 6.07) is 8.35. The molecule has 1 fully saturated rings. The van der Waals surface area contributed by atoms with Crippen LogP contribution in [-0.4, -0.2) is 48.1 Å². The Kier molecular flexibility index (Phi) is 4.82. The summed E-state index contributed by atoms with van der Waals surface area (Å²) in [5, 5.41) is 15.8. The van der Waals surface area contributed by atoms with Crippen molar-refractivity contribution in [1.29, 1.82) is 0 Å². The minimum Gasteiger partial charge on any atom is -0.485 e. The summed E-state index contributed by atoms with van der Waals surface area (Å²) in [4.78, 5) is 8.75. The Bertz CT molecular complexity index is 1220. The van der Waals surface area contributed by atoms with Gasteiger partial charge in [-0.2, -0.15) is 10.2 Å². The smallest absolute Gasteiger partial charge is 0.165 e. The van der Waals surface area contributed by atoms with Gasteiger partial charge in [0.2, 0.25) is 0 Å². The van der Waals surface area contributed by atoms with Crippen LogP contribution >= 0.6 is 0 Å². The SMILES string of the molecule is Cc1cc(Nc2cc3cc(-c4c(O[C@@H]5CCN[C@H]5C)cnn4C)ccn3n2)nc(C)n1. The molecular formula is C22H26N8O. The lowest BCUT2D eigenvalue weighted by molar-refractivity contribution is 0.193. The maximum absolute atomic E-state index is 6.32. The van der Waals surface area contributed by atoms with Gasteiger partial charge in [0.05, 0.1) is 11.7 Å². The lowest BCUT2D eigenvalue weighted by atomic mass is 10.1. The van der Waals surface area contributed by atoms with Crippen LogP contribution < -0.4 is 15.4 Å². The molecule has 4 aromatic rings. The Hall–Kier alpha value is -3.46. The van der Waals surface area contributed by atoms with Gasteiger partial charge in [0.25, 0.3) is 0 Å². The van der Waals surface area contributed by atoms with Gasteiger partial charge >= 0.3 is 0 Å². The first-order chi connectivity index (χ1) is 15.0. The monoisotopic (exact) mass is 418 g/mol. The zero-order chi connectivity index (χ0) is 21.5. The van der Waals surface area contributed by atoms with Crippen LogP contribution in [0.5, 0.6) is 5.75 Å². The number of aryl methyl sites for hydroxylation is 3. The van der Waals surface area contributed by atoms with Gasteiger partial charge in [-0.05, 0) is 45.9 Å². The molecule has 9 heteroatoms. The highest BCUT2D eigenvalue weighted by Crippen LogP contribution is 2.32. The van der Waals surface area contributed by atoms with E-state index in [0.717, 1.165) is 58.6 Å². The maximum Gasteiger partial charge on any atom is 0.165 e. The number of aromatic nitrogens is 6. The highest BCUT2D eigenvalue weighted by atomic mass is 16.5. The zero-order valence-electron chi connectivity index (χ0n) is 18.1. The number of nitrogens with one attached hydrogen (secondary N) is 2. The fourth-order valence-corrected chi connectivity index (χ4v) is 4.11. The van der Waals surface area contributed by atoms with E-state index in [9.17, 15) is 0 Å². The molecule has 1 aliphatic rings. The summed E-state index contributed by atoms with van der Waals surface area (Å²) in [6.07, 6.45) is 4.89. The molecule has 0 amide bonds. The van der Waals surface area contributed by atoms with E-state index in [4.69, 9.17) is 4.74 Å². The number of rotatable bonds is 5. The standard InChI is InChI=1S/C22H26N8O/c1-13-9-20(26-15(3)25-13)27-21-11-17-10-16(6-8-30(17)28-21)22-19(12-24-29(22)4)31-18-5-7-23-14(18)2/h6,8-12,14,18,23H,5,7H2,1-4H3,(H,25,26,27,28)/t14-,18+/m0/s1. The molecule has 0 saturated carbocycles. The number of hydrogen-bond donors (Lipinski definition) is 2. The molecule has 9 nitrogen and oxygen atoms in total. The number of nitrogens with zero attached hydrogens (tertiary/aromatic N) is 6. The van der Waals surface area contributed by atoms with Gasteiger partial charge in [0, 0.05) is 42.7 Å². The second kappa shape index (κ2) is 7.66. The van der Waals surface area contributed by atoms with Crippen LogP contribution in [0.4, 0.5) is 11.6 Å². The van der Waals surface area contributed by atoms with Gasteiger partial charge in [0.1, 0.15) is 23.4 Å². The van der Waals surface area contributed by atoms with E-state index in [1.54, 1.807) is 6.20 Å². The third kappa shape index (κ3) is 3.84. The minimum absolute atomic E-state index is 0.150. The minimum atomic E-state index is 0.150. The van der Waals surface area contributed by atoms with Gasteiger partial charge in [-0.15, -0.1) is 0 Å². The number of ether oxygens (including phenoxy) is 1. The molecule has 0 aliphatic carbocycles. The van der Waals surface area contributed by atoms with Crippen molar-refractivity contribution >= 4 is 17.2 Å². The number of anilines is 2. The molecular weight excluding hydrogens is 392 g/mol. The van der Waals surface area contributed by atoms with E-state index in [-0.39, 0.29) is 6.10 Å². The van der Waals surface area contributed by atoms with E-state index in [1.165, 1.54) is 0 Å². The molecule has 160 valence electrons. The molecule has 0 unspecified atom stereocenters. The predicted molar refractivity (Wildman–Crippen MR) is 119 cm³/mol. The molecule has 0 radical (unpaired) electrons. The van der Waals surface area contributed by atoms with E-state index in [2.05, 4.69) is 43.8 Å². The van der Waals surface area contributed by atoms with Crippen molar-refractivity contribution in [1.82, 2.24) is 34.7 Å². The molecule has 1 saturated heterocycles. The van der Waals surface area contributed by atoms with Gasteiger partial charge < -0.3 is 15.4 Å². The van der Waals surface area contributed by atoms with Crippen LogP contribution in [-0.2, 0) is 7.05 Å². The average Bonchev–Trinajstić information content (AvgIpc) is 3.39. The second-order valence-corrected chi connectivity index (χ2v) is 8.05. The molecule has 5 heterocycles. The third-order valence-electron chi connectivity index (χ3n) is 5.60. The highest BCUT2D eigenvalue weighted by molar-refractivity contribution is 5.72. The first kappa shape index (κ1) is 19.5. The third-order valence-corrected chi connectivity index (χ3v) is 5.60. The largest absolute Gasteiger partial charge is 0.485 e. The summed E-state index contributed by atoms with van der Waals surface area (Å²) in [7, 11) is 1.94. The topological polar surface area (TPSA) is 94.2 Å². The summed E-state index contributed by atoms with van der Waals surface area (Å²) >= 11 is 0. The predicted octanol–water partition coefficient (Wildman–Crippen LogP) is 3.01. The Balaban J connectivity index is 1.45. The van der Waals surface area contributed by atoms with E-state index < -0.39 is 0 Å². The van der Waals surface area contributed by atoms with Crippen molar-refractivity contribution in [3.63, 3.8) is 0 Å². The normalized spacial score (nSPS) is 18.6. The van der Waals surface area contributed by atoms with Crippen LogP contribution in [0.1, 0.15) is 24.9 Å². The van der Waals surface area contributed by atoms with Crippen LogP contribution in [0.3, 0.4) is 0 Å². The van der Waals surface area contributed by atoms with Gasteiger partial charge in [-0.3, -0.25) is 4.68 Å². The number of pyridine rings is 1. The Labute approximate surface area is 180 Å². The molecule has 2 atom stereocenters. The molecule has 0 aromatic carbocycles. The van der Waals surface area contributed by atoms with Crippen LogP contribution in [0.2, 0.25) is 0 Å². The molecule has 2 N–H and O–H groups in total. The van der Waals surface area contributed by atoms with Crippen molar-refractivity contribution in [3.05, 3.63) is 48.2 Å². The van der Waals surface area contributed by atoms with Crippen LogP contribution in [0, 0.1) is 13.8 Å². The molecule has 0 bridgehead atoms. The zero-order valence-corrected chi connectivity index (χ0v) is 18.1. The first-order valence-electron chi connectivity index (χ1n) is 10.5. The maximum atomic E-state index is 6.32. The van der Waals surface area contributed by atoms with Crippen molar-refractivity contribution in [2.24, 2.45) is 7.05 Å². The Morgan fingerprint density at radius 1 is 1.16 bits per heavy atom. The van der Waals surface area contributed by atoms with E-state index in [0.29, 0.717) is 6.04 Å². The van der Waals surface area contributed by atoms with E-state index in [1.807, 2.05) is 54.5 Å². The fraction of sp³-hybridized carbons (Fsp3) is 0.364. The van der Waals surface area contributed by atoms with E-state index >= 15 is 0 Å². The molecule has 0 spiro atoms. The van der Waals surface area contributed by atoms with Gasteiger partial charge in [0.15, 0.2) is 11.6 Å². The van der Waals surface area contributed by atoms with Crippen molar-refractivity contribution in [2.75, 3.05) is 11.9 Å². The number of fused-ring (bicyclic) bond motifs is 1. The number of hydrogen-bond acceptors (Lipinski definition) is 7. The molecule has 4 aromatic heterocycles. The van der Waals surface area contributed by atoms with Crippen LogP contribution in [0.15, 0.2) is 36.7 Å². The first-order valence-corrected chi connectivity index (χ1v) is 10.5. The quantitative estimate of drug-likeness (QED) is 0.514. The van der Waals surface area contributed by atoms with Crippen molar-refractivity contribution in [2.45, 2.75) is 39.3 Å². The average molecular weight is 419 g/mol. The molecule has 31 heavy (non-hydrogen) atoms. The Morgan fingerprint density at radius 3 is 2.81 bits per heavy atom. The van der Waals surface area contributed by atoms with Crippen LogP contribution in [0.25, 0.3) is 16.8 Å². The molecule has 5 rings (SSSR count). The lowest BCUT2D eigenvalue weighted by Crippen LogP contribution is -2.30. The summed E-state index contributed by atoms with van der Waals surface area (Å²) in [5.41, 5.74) is 3.86. The van der Waals surface area contributed by atoms with Crippen molar-refractivity contribution in [3.8, 4) is 17.0 Å². The molecule has 1 aliphatic heterocycles. The summed E-state index contributed by atoms with van der Waals surface area (Å²) in [6.45, 7) is 6.96. The Morgan fingerprint density at radius 2 is 2.03 bits per heavy atom.